The zero-order valence-electron chi connectivity index (χ0n) is 9.51. The van der Waals surface area contributed by atoms with E-state index in [2.05, 4.69) is 0 Å². The maximum absolute atomic E-state index is 11.5. The predicted octanol–water partition coefficient (Wildman–Crippen LogP) is 0.606. The summed E-state index contributed by atoms with van der Waals surface area (Å²) in [7, 11) is -1.62. The average Bonchev–Trinajstić information content (AvgIpc) is 2.17. The molecule has 1 unspecified atom stereocenters. The van der Waals surface area contributed by atoms with E-state index in [0.717, 1.165) is 5.56 Å². The second-order valence-electron chi connectivity index (χ2n) is 3.80. The highest BCUT2D eigenvalue weighted by Crippen LogP contribution is 2.16. The van der Waals surface area contributed by atoms with Gasteiger partial charge in [0.1, 0.15) is 0 Å². The first kappa shape index (κ1) is 13.2. The summed E-state index contributed by atoms with van der Waals surface area (Å²) in [5, 5.41) is 0. The van der Waals surface area contributed by atoms with Gasteiger partial charge in [-0.2, -0.15) is 0 Å². The molecule has 0 saturated heterocycles. The number of rotatable bonds is 5. The van der Waals surface area contributed by atoms with Gasteiger partial charge in [-0.05, 0) is 18.1 Å². The van der Waals surface area contributed by atoms with Gasteiger partial charge in [0, 0.05) is 19.4 Å². The molecule has 0 fully saturated rings. The molecule has 0 radical (unpaired) electrons. The van der Waals surface area contributed by atoms with Gasteiger partial charge in [0.2, 0.25) is 0 Å². The zero-order chi connectivity index (χ0) is 12.2. The number of methoxy groups -OCH3 is 1. The standard InChI is InChI=1S/C11H17NO3S/c1-15-8-10(12)7-9-5-3-4-6-11(9)16(2,13)14/h3-6,10H,7-8,12H2,1-2H3. The second-order valence-corrected chi connectivity index (χ2v) is 5.78. The molecule has 90 valence electrons. The molecule has 0 heterocycles. The van der Waals surface area contributed by atoms with Crippen molar-refractivity contribution < 1.29 is 13.2 Å². The van der Waals surface area contributed by atoms with Crippen LogP contribution in [0.2, 0.25) is 0 Å². The molecule has 1 aromatic rings. The van der Waals surface area contributed by atoms with Crippen molar-refractivity contribution in [3.63, 3.8) is 0 Å². The van der Waals surface area contributed by atoms with Crippen LogP contribution in [0.15, 0.2) is 29.2 Å². The van der Waals surface area contributed by atoms with Crippen LogP contribution in [-0.4, -0.2) is 34.4 Å². The molecule has 0 aromatic heterocycles. The molecule has 0 aliphatic rings. The van der Waals surface area contributed by atoms with Crippen molar-refractivity contribution in [2.45, 2.75) is 17.4 Å². The largest absolute Gasteiger partial charge is 0.383 e. The van der Waals surface area contributed by atoms with Gasteiger partial charge in [0.05, 0.1) is 11.5 Å². The summed E-state index contributed by atoms with van der Waals surface area (Å²) in [6.45, 7) is 0.415. The van der Waals surface area contributed by atoms with E-state index in [1.165, 1.54) is 6.26 Å². The summed E-state index contributed by atoms with van der Waals surface area (Å²) in [5.41, 5.74) is 6.55. The minimum Gasteiger partial charge on any atom is -0.383 e. The van der Waals surface area contributed by atoms with E-state index in [1.807, 2.05) is 6.07 Å². The summed E-state index contributed by atoms with van der Waals surface area (Å²) < 4.78 is 28.0. The van der Waals surface area contributed by atoms with Gasteiger partial charge in [0.15, 0.2) is 9.84 Å². The van der Waals surface area contributed by atoms with E-state index in [-0.39, 0.29) is 6.04 Å². The molecule has 1 atom stereocenters. The van der Waals surface area contributed by atoms with E-state index in [1.54, 1.807) is 25.3 Å². The summed E-state index contributed by atoms with van der Waals surface area (Å²) in [6.07, 6.45) is 1.70. The van der Waals surface area contributed by atoms with E-state index in [0.29, 0.717) is 17.9 Å². The summed E-state index contributed by atoms with van der Waals surface area (Å²) in [4.78, 5) is 0.349. The van der Waals surface area contributed by atoms with Crippen LogP contribution >= 0.6 is 0 Å². The summed E-state index contributed by atoms with van der Waals surface area (Å²) >= 11 is 0. The fraction of sp³-hybridized carbons (Fsp3) is 0.455. The van der Waals surface area contributed by atoms with Gasteiger partial charge in [-0.3, -0.25) is 0 Å². The van der Waals surface area contributed by atoms with Gasteiger partial charge in [-0.1, -0.05) is 18.2 Å². The number of benzene rings is 1. The van der Waals surface area contributed by atoms with E-state index < -0.39 is 9.84 Å². The Morgan fingerprint density at radius 1 is 1.38 bits per heavy atom. The van der Waals surface area contributed by atoms with E-state index >= 15 is 0 Å². The Hall–Kier alpha value is -0.910. The van der Waals surface area contributed by atoms with Crippen LogP contribution in [-0.2, 0) is 21.0 Å². The lowest BCUT2D eigenvalue weighted by atomic mass is 10.1. The van der Waals surface area contributed by atoms with Gasteiger partial charge in [-0.25, -0.2) is 8.42 Å². The van der Waals surface area contributed by atoms with Crippen molar-refractivity contribution in [2.24, 2.45) is 5.73 Å². The second kappa shape index (κ2) is 5.43. The summed E-state index contributed by atoms with van der Waals surface area (Å²) in [5.74, 6) is 0. The molecule has 0 saturated carbocycles. The lowest BCUT2D eigenvalue weighted by Gasteiger charge is -2.13. The minimum atomic E-state index is -3.19. The first-order valence-corrected chi connectivity index (χ1v) is 6.86. The first-order valence-electron chi connectivity index (χ1n) is 4.97. The molecule has 5 heteroatoms. The molecule has 1 aromatic carbocycles. The van der Waals surface area contributed by atoms with Gasteiger partial charge >= 0.3 is 0 Å². The smallest absolute Gasteiger partial charge is 0.175 e. The molecule has 0 spiro atoms. The van der Waals surface area contributed by atoms with Crippen LogP contribution in [0.1, 0.15) is 5.56 Å². The molecule has 1 rings (SSSR count). The van der Waals surface area contributed by atoms with Gasteiger partial charge < -0.3 is 10.5 Å². The highest BCUT2D eigenvalue weighted by molar-refractivity contribution is 7.90. The van der Waals surface area contributed by atoms with Crippen LogP contribution in [0.5, 0.6) is 0 Å². The van der Waals surface area contributed by atoms with E-state index in [4.69, 9.17) is 10.5 Å². The van der Waals surface area contributed by atoms with Crippen molar-refractivity contribution in [1.82, 2.24) is 0 Å². The van der Waals surface area contributed by atoms with Crippen LogP contribution in [0, 0.1) is 0 Å². The molecule has 0 aliphatic carbocycles. The molecule has 0 bridgehead atoms. The first-order chi connectivity index (χ1) is 7.45. The fourth-order valence-corrected chi connectivity index (χ4v) is 2.54. The monoisotopic (exact) mass is 243 g/mol. The third-order valence-corrected chi connectivity index (χ3v) is 3.43. The molecular formula is C11H17NO3S. The van der Waals surface area contributed by atoms with Crippen molar-refractivity contribution in [1.29, 1.82) is 0 Å². The maximum atomic E-state index is 11.5. The lowest BCUT2D eigenvalue weighted by molar-refractivity contribution is 0.180. The minimum absolute atomic E-state index is 0.187. The quantitative estimate of drug-likeness (QED) is 0.822. The molecule has 0 amide bonds. The molecule has 4 nitrogen and oxygen atoms in total. The van der Waals surface area contributed by atoms with Crippen molar-refractivity contribution in [3.05, 3.63) is 29.8 Å². The maximum Gasteiger partial charge on any atom is 0.175 e. The van der Waals surface area contributed by atoms with Crippen LogP contribution in [0.4, 0.5) is 0 Å². The van der Waals surface area contributed by atoms with Gasteiger partial charge in [0.25, 0.3) is 0 Å². The van der Waals surface area contributed by atoms with Crippen LogP contribution in [0.3, 0.4) is 0 Å². The molecule has 16 heavy (non-hydrogen) atoms. The number of ether oxygens (including phenoxy) is 1. The topological polar surface area (TPSA) is 69.4 Å². The third-order valence-electron chi connectivity index (χ3n) is 2.23. The third kappa shape index (κ3) is 3.59. The number of hydrogen-bond acceptors (Lipinski definition) is 4. The molecular weight excluding hydrogens is 226 g/mol. The Morgan fingerprint density at radius 2 is 2.00 bits per heavy atom. The van der Waals surface area contributed by atoms with Crippen LogP contribution < -0.4 is 5.73 Å². The Labute approximate surface area is 96.3 Å². The molecule has 2 N–H and O–H groups in total. The highest BCUT2D eigenvalue weighted by Gasteiger charge is 2.14. The zero-order valence-corrected chi connectivity index (χ0v) is 10.3. The number of hydrogen-bond donors (Lipinski definition) is 1. The fourth-order valence-electron chi connectivity index (χ4n) is 1.59. The molecule has 0 aliphatic heterocycles. The highest BCUT2D eigenvalue weighted by atomic mass is 32.2. The summed E-state index contributed by atoms with van der Waals surface area (Å²) in [6, 6.07) is 6.72. The lowest BCUT2D eigenvalue weighted by Crippen LogP contribution is -2.28. The Bertz CT molecular complexity index is 442. The van der Waals surface area contributed by atoms with Gasteiger partial charge in [-0.15, -0.1) is 0 Å². The average molecular weight is 243 g/mol. The number of nitrogens with two attached hydrogens (primary N) is 1. The number of sulfone groups is 1. The van der Waals surface area contributed by atoms with Crippen molar-refractivity contribution >= 4 is 9.84 Å². The Kier molecular flexibility index (Phi) is 4.46. The van der Waals surface area contributed by atoms with Crippen molar-refractivity contribution in [2.75, 3.05) is 20.0 Å². The predicted molar refractivity (Wildman–Crippen MR) is 63.1 cm³/mol. The van der Waals surface area contributed by atoms with Crippen molar-refractivity contribution in [3.8, 4) is 0 Å². The Balaban J connectivity index is 2.96. The SMILES string of the molecule is COCC(N)Cc1ccccc1S(C)(=O)=O. The Morgan fingerprint density at radius 3 is 2.56 bits per heavy atom. The normalized spacial score (nSPS) is 13.7. The van der Waals surface area contributed by atoms with Crippen LogP contribution in [0.25, 0.3) is 0 Å². The van der Waals surface area contributed by atoms with E-state index in [9.17, 15) is 8.42 Å².